The number of benzene rings is 3. The Morgan fingerprint density at radius 3 is 2.09 bits per heavy atom. The molecular formula is C24H21BrN4O3S. The molecule has 0 saturated heterocycles. The van der Waals surface area contributed by atoms with Gasteiger partial charge >= 0.3 is 0 Å². The van der Waals surface area contributed by atoms with E-state index in [1.165, 1.54) is 12.1 Å². The number of sulfonamides is 1. The molecule has 0 aliphatic carbocycles. The molecule has 0 aliphatic rings. The first kappa shape index (κ1) is 22.9. The van der Waals surface area contributed by atoms with E-state index in [-0.39, 0.29) is 17.2 Å². The van der Waals surface area contributed by atoms with Gasteiger partial charge in [0, 0.05) is 16.5 Å². The Morgan fingerprint density at radius 1 is 0.909 bits per heavy atom. The van der Waals surface area contributed by atoms with E-state index in [9.17, 15) is 13.2 Å². The summed E-state index contributed by atoms with van der Waals surface area (Å²) in [5.74, 6) is -0.367. The summed E-state index contributed by atoms with van der Waals surface area (Å²) >= 11 is 3.46. The van der Waals surface area contributed by atoms with Crippen LogP contribution in [0.4, 0.5) is 0 Å². The normalized spacial score (nSPS) is 11.5. The molecular weight excluding hydrogens is 504 g/mol. The first-order valence-electron chi connectivity index (χ1n) is 10.0. The fourth-order valence-corrected chi connectivity index (χ4v) is 4.28. The van der Waals surface area contributed by atoms with Gasteiger partial charge in [-0.25, -0.2) is 18.2 Å². The van der Waals surface area contributed by atoms with Crippen molar-refractivity contribution < 1.29 is 13.2 Å². The zero-order valence-corrected chi connectivity index (χ0v) is 19.9. The lowest BCUT2D eigenvalue weighted by Gasteiger charge is -2.08. The SMILES string of the molecule is NC(=O)Cc1ccc(Cc2cc(-c3ccc(Br)cc3)n(-c3ccc(S(N)(=O)=O)cc3)n2)cc1. The molecule has 4 N–H and O–H groups in total. The first-order valence-corrected chi connectivity index (χ1v) is 12.4. The van der Waals surface area contributed by atoms with E-state index in [0.29, 0.717) is 12.1 Å². The van der Waals surface area contributed by atoms with Gasteiger partial charge in [0.25, 0.3) is 0 Å². The highest BCUT2D eigenvalue weighted by Gasteiger charge is 2.14. The van der Waals surface area contributed by atoms with Crippen molar-refractivity contribution in [3.05, 3.63) is 100 Å². The Hall–Kier alpha value is -3.27. The molecule has 0 atom stereocenters. The molecule has 0 bridgehead atoms. The summed E-state index contributed by atoms with van der Waals surface area (Å²) in [6.07, 6.45) is 0.791. The summed E-state index contributed by atoms with van der Waals surface area (Å²) in [6.45, 7) is 0. The quantitative estimate of drug-likeness (QED) is 0.383. The van der Waals surface area contributed by atoms with Gasteiger partial charge < -0.3 is 5.73 Å². The van der Waals surface area contributed by atoms with Gasteiger partial charge in [-0.2, -0.15) is 5.10 Å². The molecule has 3 aromatic carbocycles. The minimum atomic E-state index is -3.78. The molecule has 0 spiro atoms. The second-order valence-corrected chi connectivity index (χ2v) is 10.1. The van der Waals surface area contributed by atoms with Gasteiger partial charge in [-0.3, -0.25) is 4.79 Å². The van der Waals surface area contributed by atoms with E-state index in [1.54, 1.807) is 16.8 Å². The predicted molar refractivity (Wildman–Crippen MR) is 130 cm³/mol. The molecule has 0 aliphatic heterocycles. The van der Waals surface area contributed by atoms with E-state index in [0.717, 1.165) is 32.6 Å². The van der Waals surface area contributed by atoms with Crippen LogP contribution in [-0.2, 0) is 27.7 Å². The average molecular weight is 525 g/mol. The summed E-state index contributed by atoms with van der Waals surface area (Å²) in [4.78, 5) is 11.2. The third-order valence-corrected chi connectivity index (χ3v) is 6.55. The first-order chi connectivity index (χ1) is 15.7. The van der Waals surface area contributed by atoms with Crippen LogP contribution in [0.5, 0.6) is 0 Å². The summed E-state index contributed by atoms with van der Waals surface area (Å²) in [7, 11) is -3.78. The Balaban J connectivity index is 1.71. The number of aromatic nitrogens is 2. The fraction of sp³-hybridized carbons (Fsp3) is 0.0833. The van der Waals surface area contributed by atoms with Crippen LogP contribution in [0.25, 0.3) is 16.9 Å². The number of primary amides is 1. The van der Waals surface area contributed by atoms with Crippen molar-refractivity contribution in [2.75, 3.05) is 0 Å². The summed E-state index contributed by atoms with van der Waals surface area (Å²) in [6, 6.07) is 23.9. The molecule has 0 fully saturated rings. The van der Waals surface area contributed by atoms with Crippen molar-refractivity contribution in [2.24, 2.45) is 10.9 Å². The zero-order valence-electron chi connectivity index (χ0n) is 17.5. The van der Waals surface area contributed by atoms with Crippen LogP contribution in [0.3, 0.4) is 0 Å². The molecule has 4 rings (SSSR count). The number of primary sulfonamides is 1. The topological polar surface area (TPSA) is 121 Å². The van der Waals surface area contributed by atoms with E-state index in [1.807, 2.05) is 54.6 Å². The Labute approximate surface area is 200 Å². The third-order valence-electron chi connectivity index (χ3n) is 5.10. The molecule has 1 amide bonds. The van der Waals surface area contributed by atoms with E-state index in [2.05, 4.69) is 15.9 Å². The smallest absolute Gasteiger partial charge is 0.238 e. The fourth-order valence-electron chi connectivity index (χ4n) is 3.50. The second kappa shape index (κ2) is 9.30. The Morgan fingerprint density at radius 2 is 1.52 bits per heavy atom. The highest BCUT2D eigenvalue weighted by molar-refractivity contribution is 9.10. The lowest BCUT2D eigenvalue weighted by molar-refractivity contribution is -0.117. The van der Waals surface area contributed by atoms with Crippen molar-refractivity contribution in [2.45, 2.75) is 17.7 Å². The van der Waals surface area contributed by atoms with Crippen LogP contribution >= 0.6 is 15.9 Å². The minimum Gasteiger partial charge on any atom is -0.369 e. The van der Waals surface area contributed by atoms with E-state index < -0.39 is 10.0 Å². The van der Waals surface area contributed by atoms with Gasteiger partial charge in [0.2, 0.25) is 15.9 Å². The molecule has 168 valence electrons. The predicted octanol–water partition coefficient (Wildman–Crippen LogP) is 3.57. The van der Waals surface area contributed by atoms with Crippen LogP contribution in [0.1, 0.15) is 16.8 Å². The standard InChI is InChI=1S/C24H21BrN4O3S/c25-19-7-5-18(6-8-19)23-15-20(13-16-1-3-17(4-2-16)14-24(26)30)28-29(23)21-9-11-22(12-10-21)33(27,31)32/h1-12,15H,13-14H2,(H2,26,30)(H2,27,31,32). The maximum atomic E-state index is 11.6. The number of nitrogens with zero attached hydrogens (tertiary/aromatic N) is 2. The van der Waals surface area contributed by atoms with Crippen molar-refractivity contribution in [1.82, 2.24) is 9.78 Å². The van der Waals surface area contributed by atoms with Crippen molar-refractivity contribution in [3.8, 4) is 16.9 Å². The number of hydrogen-bond acceptors (Lipinski definition) is 4. The number of hydrogen-bond donors (Lipinski definition) is 2. The molecule has 1 aromatic heterocycles. The lowest BCUT2D eigenvalue weighted by Crippen LogP contribution is -2.13. The number of nitrogens with two attached hydrogens (primary N) is 2. The van der Waals surface area contributed by atoms with Crippen LogP contribution in [0.15, 0.2) is 88.2 Å². The van der Waals surface area contributed by atoms with Crippen molar-refractivity contribution in [1.29, 1.82) is 0 Å². The number of carbonyl (C=O) groups is 1. The molecule has 4 aromatic rings. The maximum Gasteiger partial charge on any atom is 0.238 e. The van der Waals surface area contributed by atoms with E-state index in [4.69, 9.17) is 16.0 Å². The zero-order chi connectivity index (χ0) is 23.6. The van der Waals surface area contributed by atoms with Crippen molar-refractivity contribution in [3.63, 3.8) is 0 Å². The monoisotopic (exact) mass is 524 g/mol. The highest BCUT2D eigenvalue weighted by Crippen LogP contribution is 2.27. The average Bonchev–Trinajstić information content (AvgIpc) is 3.18. The molecule has 1 heterocycles. The van der Waals surface area contributed by atoms with Crippen LogP contribution < -0.4 is 10.9 Å². The van der Waals surface area contributed by atoms with Gasteiger partial charge in [0.15, 0.2) is 0 Å². The molecule has 7 nitrogen and oxygen atoms in total. The van der Waals surface area contributed by atoms with Crippen LogP contribution in [0, 0.1) is 0 Å². The molecule has 0 radical (unpaired) electrons. The van der Waals surface area contributed by atoms with E-state index >= 15 is 0 Å². The summed E-state index contributed by atoms with van der Waals surface area (Å²) in [5, 5.41) is 10.0. The maximum absolute atomic E-state index is 11.6. The van der Waals surface area contributed by atoms with Gasteiger partial charge in [-0.05, 0) is 53.6 Å². The van der Waals surface area contributed by atoms with Gasteiger partial charge in [-0.15, -0.1) is 0 Å². The van der Waals surface area contributed by atoms with Crippen molar-refractivity contribution >= 4 is 31.9 Å². The van der Waals surface area contributed by atoms with Crippen LogP contribution in [-0.4, -0.2) is 24.1 Å². The lowest BCUT2D eigenvalue weighted by atomic mass is 10.0. The Kier molecular flexibility index (Phi) is 6.46. The second-order valence-electron chi connectivity index (χ2n) is 7.61. The molecule has 0 unspecified atom stereocenters. The highest BCUT2D eigenvalue weighted by atomic mass is 79.9. The number of amides is 1. The van der Waals surface area contributed by atoms with Gasteiger partial charge in [0.05, 0.1) is 28.4 Å². The molecule has 33 heavy (non-hydrogen) atoms. The summed E-state index contributed by atoms with van der Waals surface area (Å²) in [5.41, 5.74) is 10.5. The third kappa shape index (κ3) is 5.57. The minimum absolute atomic E-state index is 0.0415. The van der Waals surface area contributed by atoms with Crippen LogP contribution in [0.2, 0.25) is 0 Å². The Bertz CT molecular complexity index is 1400. The number of halogens is 1. The molecule has 0 saturated carbocycles. The van der Waals surface area contributed by atoms with Gasteiger partial charge in [-0.1, -0.05) is 52.3 Å². The largest absolute Gasteiger partial charge is 0.369 e. The van der Waals surface area contributed by atoms with Gasteiger partial charge in [0.1, 0.15) is 0 Å². The molecule has 9 heteroatoms. The summed E-state index contributed by atoms with van der Waals surface area (Å²) < 4.78 is 26.0. The number of carbonyl (C=O) groups excluding carboxylic acids is 1. The number of rotatable bonds is 7.